The summed E-state index contributed by atoms with van der Waals surface area (Å²) in [6.45, 7) is 3.86. The van der Waals surface area contributed by atoms with Crippen LogP contribution < -0.4 is 10.1 Å². The number of carbonyl (C=O) groups is 1. The van der Waals surface area contributed by atoms with Crippen LogP contribution in [0.3, 0.4) is 0 Å². The third-order valence-electron chi connectivity index (χ3n) is 5.43. The molecular formula is C26H28N2O2. The summed E-state index contributed by atoms with van der Waals surface area (Å²) in [7, 11) is 0. The van der Waals surface area contributed by atoms with Crippen LogP contribution in [0.15, 0.2) is 78.9 Å². The molecule has 0 radical (unpaired) electrons. The molecule has 4 nitrogen and oxygen atoms in total. The Morgan fingerprint density at radius 3 is 2.20 bits per heavy atom. The first-order chi connectivity index (χ1) is 14.8. The Morgan fingerprint density at radius 2 is 1.50 bits per heavy atom. The van der Waals surface area contributed by atoms with Gasteiger partial charge in [0.05, 0.1) is 0 Å². The van der Waals surface area contributed by atoms with Crippen LogP contribution >= 0.6 is 0 Å². The van der Waals surface area contributed by atoms with E-state index in [9.17, 15) is 4.79 Å². The van der Waals surface area contributed by atoms with Crippen molar-refractivity contribution in [1.29, 1.82) is 0 Å². The molecule has 0 atom stereocenters. The van der Waals surface area contributed by atoms with Crippen molar-refractivity contribution in [3.63, 3.8) is 0 Å². The summed E-state index contributed by atoms with van der Waals surface area (Å²) < 4.78 is 5.78. The summed E-state index contributed by atoms with van der Waals surface area (Å²) in [6.07, 6.45) is 3.94. The number of anilines is 1. The van der Waals surface area contributed by atoms with E-state index in [1.807, 2.05) is 54.6 Å². The Kier molecular flexibility index (Phi) is 6.78. The quantitative estimate of drug-likeness (QED) is 0.569. The van der Waals surface area contributed by atoms with Crippen molar-refractivity contribution in [2.75, 3.05) is 18.4 Å². The van der Waals surface area contributed by atoms with Gasteiger partial charge in [0, 0.05) is 17.8 Å². The third-order valence-corrected chi connectivity index (χ3v) is 5.43. The zero-order chi connectivity index (χ0) is 20.6. The van der Waals surface area contributed by atoms with Gasteiger partial charge in [-0.15, -0.1) is 0 Å². The number of nitrogens with zero attached hydrogens (tertiary/aromatic N) is 1. The van der Waals surface area contributed by atoms with Gasteiger partial charge >= 0.3 is 0 Å². The van der Waals surface area contributed by atoms with E-state index in [0.29, 0.717) is 12.2 Å². The number of carbonyl (C=O) groups excluding carboxylic acids is 1. The first kappa shape index (κ1) is 20.2. The minimum Gasteiger partial charge on any atom is -0.489 e. The Balaban J connectivity index is 1.28. The minimum atomic E-state index is -0.117. The van der Waals surface area contributed by atoms with Gasteiger partial charge < -0.3 is 10.1 Å². The highest BCUT2D eigenvalue weighted by molar-refractivity contribution is 6.04. The molecule has 1 N–H and O–H groups in total. The molecule has 1 fully saturated rings. The number of rotatable bonds is 7. The zero-order valence-corrected chi connectivity index (χ0v) is 17.2. The van der Waals surface area contributed by atoms with E-state index in [0.717, 1.165) is 23.5 Å². The highest BCUT2D eigenvalue weighted by Gasteiger charge is 2.11. The predicted molar refractivity (Wildman–Crippen MR) is 121 cm³/mol. The van der Waals surface area contributed by atoms with Crippen LogP contribution in [0.25, 0.3) is 0 Å². The Bertz CT molecular complexity index is 931. The van der Waals surface area contributed by atoms with E-state index in [4.69, 9.17) is 4.74 Å². The summed E-state index contributed by atoms with van der Waals surface area (Å²) in [5, 5.41) is 2.97. The molecule has 0 bridgehead atoms. The molecular weight excluding hydrogens is 372 g/mol. The van der Waals surface area contributed by atoms with Crippen LogP contribution in [0.2, 0.25) is 0 Å². The lowest BCUT2D eigenvalue weighted by molar-refractivity contribution is 0.102. The fraction of sp³-hybridized carbons (Fsp3) is 0.269. The molecule has 4 rings (SSSR count). The first-order valence-corrected chi connectivity index (χ1v) is 10.7. The second-order valence-electron chi connectivity index (χ2n) is 7.79. The number of nitrogens with one attached hydrogen (secondary N) is 1. The van der Waals surface area contributed by atoms with Crippen molar-refractivity contribution in [2.24, 2.45) is 0 Å². The second kappa shape index (κ2) is 10.1. The van der Waals surface area contributed by atoms with Gasteiger partial charge in [0.1, 0.15) is 12.4 Å². The van der Waals surface area contributed by atoms with Gasteiger partial charge in [-0.05, 0) is 73.5 Å². The predicted octanol–water partition coefficient (Wildman–Crippen LogP) is 5.50. The van der Waals surface area contributed by atoms with Gasteiger partial charge in [-0.3, -0.25) is 9.69 Å². The molecule has 0 spiro atoms. The van der Waals surface area contributed by atoms with Crippen LogP contribution in [-0.2, 0) is 13.2 Å². The lowest BCUT2D eigenvalue weighted by Gasteiger charge is -2.26. The van der Waals surface area contributed by atoms with E-state index >= 15 is 0 Å². The van der Waals surface area contributed by atoms with E-state index in [2.05, 4.69) is 22.3 Å². The van der Waals surface area contributed by atoms with Gasteiger partial charge in [-0.1, -0.05) is 48.9 Å². The maximum Gasteiger partial charge on any atom is 0.255 e. The molecule has 0 unspecified atom stereocenters. The molecule has 1 saturated heterocycles. The number of hydrogen-bond donors (Lipinski definition) is 1. The van der Waals surface area contributed by atoms with Gasteiger partial charge in [0.15, 0.2) is 0 Å². The number of benzene rings is 3. The van der Waals surface area contributed by atoms with Crippen LogP contribution in [0, 0.1) is 0 Å². The molecule has 1 aliphatic heterocycles. The average molecular weight is 401 g/mol. The molecule has 3 aromatic rings. The molecule has 0 saturated carbocycles. The number of likely N-dealkylation sites (tertiary alicyclic amines) is 1. The Morgan fingerprint density at radius 1 is 0.800 bits per heavy atom. The second-order valence-corrected chi connectivity index (χ2v) is 7.79. The minimum absolute atomic E-state index is 0.117. The zero-order valence-electron chi connectivity index (χ0n) is 17.2. The number of ether oxygens (including phenoxy) is 1. The van der Waals surface area contributed by atoms with Crippen molar-refractivity contribution < 1.29 is 9.53 Å². The monoisotopic (exact) mass is 400 g/mol. The third kappa shape index (κ3) is 5.71. The van der Waals surface area contributed by atoms with E-state index in [1.165, 1.54) is 37.9 Å². The number of hydrogen-bond acceptors (Lipinski definition) is 3. The molecule has 30 heavy (non-hydrogen) atoms. The smallest absolute Gasteiger partial charge is 0.255 e. The molecule has 1 heterocycles. The Hall–Kier alpha value is -3.11. The summed E-state index contributed by atoms with van der Waals surface area (Å²) in [4.78, 5) is 15.0. The molecule has 0 aromatic heterocycles. The fourth-order valence-electron chi connectivity index (χ4n) is 3.72. The fourth-order valence-corrected chi connectivity index (χ4v) is 3.72. The summed E-state index contributed by atoms with van der Waals surface area (Å²) >= 11 is 0. The van der Waals surface area contributed by atoms with Crippen molar-refractivity contribution in [2.45, 2.75) is 32.4 Å². The van der Waals surface area contributed by atoms with Gasteiger partial charge in [-0.2, -0.15) is 0 Å². The highest BCUT2D eigenvalue weighted by atomic mass is 16.5. The van der Waals surface area contributed by atoms with E-state index in [-0.39, 0.29) is 5.91 Å². The SMILES string of the molecule is O=C(Nc1ccc(CN2CCCCC2)cc1)c1ccc(OCc2ccccc2)cc1. The van der Waals surface area contributed by atoms with Crippen molar-refractivity contribution >= 4 is 11.6 Å². The number of piperidine rings is 1. The van der Waals surface area contributed by atoms with Gasteiger partial charge in [0.25, 0.3) is 5.91 Å². The van der Waals surface area contributed by atoms with Crippen molar-refractivity contribution in [3.05, 3.63) is 95.6 Å². The van der Waals surface area contributed by atoms with Crippen molar-refractivity contribution in [1.82, 2.24) is 4.90 Å². The molecule has 1 aliphatic rings. The topological polar surface area (TPSA) is 41.6 Å². The Labute approximate surface area is 178 Å². The molecule has 3 aromatic carbocycles. The maximum absolute atomic E-state index is 12.5. The number of amides is 1. The van der Waals surface area contributed by atoms with Crippen LogP contribution in [0.5, 0.6) is 5.75 Å². The standard InChI is InChI=1S/C26H28N2O2/c29-26(23-11-15-25(16-12-23)30-20-22-7-3-1-4-8-22)27-24-13-9-21(10-14-24)19-28-17-5-2-6-18-28/h1,3-4,7-16H,2,5-6,17-20H2,(H,27,29). The molecule has 0 aliphatic carbocycles. The van der Waals surface area contributed by atoms with Crippen LogP contribution in [0.1, 0.15) is 40.7 Å². The highest BCUT2D eigenvalue weighted by Crippen LogP contribution is 2.18. The average Bonchev–Trinajstić information content (AvgIpc) is 2.81. The maximum atomic E-state index is 12.5. The molecule has 1 amide bonds. The summed E-state index contributed by atoms with van der Waals surface area (Å²) in [5.74, 6) is 0.630. The van der Waals surface area contributed by atoms with Gasteiger partial charge in [0.2, 0.25) is 0 Å². The molecule has 4 heteroatoms. The summed E-state index contributed by atoms with van der Waals surface area (Å²) in [5.41, 5.74) is 3.82. The first-order valence-electron chi connectivity index (χ1n) is 10.7. The van der Waals surface area contributed by atoms with E-state index in [1.54, 1.807) is 12.1 Å². The van der Waals surface area contributed by atoms with Crippen LogP contribution in [-0.4, -0.2) is 23.9 Å². The van der Waals surface area contributed by atoms with E-state index < -0.39 is 0 Å². The van der Waals surface area contributed by atoms with Crippen LogP contribution in [0.4, 0.5) is 5.69 Å². The summed E-state index contributed by atoms with van der Waals surface area (Å²) in [6, 6.07) is 25.4. The van der Waals surface area contributed by atoms with Gasteiger partial charge in [-0.25, -0.2) is 0 Å². The van der Waals surface area contributed by atoms with Crippen molar-refractivity contribution in [3.8, 4) is 5.75 Å². The molecule has 154 valence electrons. The largest absolute Gasteiger partial charge is 0.489 e. The normalized spacial score (nSPS) is 14.3. The lowest BCUT2D eigenvalue weighted by Crippen LogP contribution is -2.29. The lowest BCUT2D eigenvalue weighted by atomic mass is 10.1.